The van der Waals surface area contributed by atoms with Gasteiger partial charge in [-0.05, 0) is 56.0 Å². The van der Waals surface area contributed by atoms with Gasteiger partial charge in [0.25, 0.3) is 0 Å². The summed E-state index contributed by atoms with van der Waals surface area (Å²) in [5.41, 5.74) is 3.33. The van der Waals surface area contributed by atoms with E-state index in [9.17, 15) is 19.2 Å². The molecule has 2 heterocycles. The molecule has 34 heavy (non-hydrogen) atoms. The zero-order chi connectivity index (χ0) is 24.0. The molecule has 0 unspecified atom stereocenters. The van der Waals surface area contributed by atoms with Gasteiger partial charge in [-0.25, -0.2) is 4.90 Å². The molecule has 7 nitrogen and oxygen atoms in total. The predicted octanol–water partition coefficient (Wildman–Crippen LogP) is 3.94. The van der Waals surface area contributed by atoms with Gasteiger partial charge in [0, 0.05) is 24.7 Å². The second-order valence-electron chi connectivity index (χ2n) is 9.55. The molecule has 0 bridgehead atoms. The van der Waals surface area contributed by atoms with Crippen LogP contribution in [0.5, 0.6) is 5.75 Å². The zero-order valence-corrected chi connectivity index (χ0v) is 19.5. The molecule has 2 aromatic rings. The molecule has 5 rings (SSSR count). The molecular weight excluding hydrogens is 432 g/mol. The third-order valence-electron chi connectivity index (χ3n) is 7.46. The SMILES string of the molecule is Cc1cccc(N2C[C@@H](C(=O)Oc3cccc(N4C(=O)[C@H]5CCCC[C@H]5C4=O)c3)CC2=O)c1C. The Balaban J connectivity index is 1.30. The lowest BCUT2D eigenvalue weighted by Crippen LogP contribution is -2.31. The zero-order valence-electron chi connectivity index (χ0n) is 19.5. The lowest BCUT2D eigenvalue weighted by atomic mass is 9.81. The van der Waals surface area contributed by atoms with Crippen LogP contribution in [0.3, 0.4) is 0 Å². The van der Waals surface area contributed by atoms with Gasteiger partial charge in [0.1, 0.15) is 5.75 Å². The number of carbonyl (C=O) groups is 4. The molecule has 2 saturated heterocycles. The van der Waals surface area contributed by atoms with Crippen LogP contribution in [0.2, 0.25) is 0 Å². The van der Waals surface area contributed by atoms with Gasteiger partial charge in [-0.3, -0.25) is 19.2 Å². The lowest BCUT2D eigenvalue weighted by Gasteiger charge is -2.20. The van der Waals surface area contributed by atoms with Crippen molar-refractivity contribution in [3.05, 3.63) is 53.6 Å². The largest absolute Gasteiger partial charge is 0.426 e. The van der Waals surface area contributed by atoms with Gasteiger partial charge in [-0.15, -0.1) is 0 Å². The second kappa shape index (κ2) is 8.70. The average Bonchev–Trinajstić information content (AvgIpc) is 3.33. The van der Waals surface area contributed by atoms with Gasteiger partial charge >= 0.3 is 5.97 Å². The fourth-order valence-electron chi connectivity index (χ4n) is 5.43. The van der Waals surface area contributed by atoms with Gasteiger partial charge in [0.15, 0.2) is 0 Å². The maximum absolute atomic E-state index is 12.9. The molecule has 0 aromatic heterocycles. The smallest absolute Gasteiger partial charge is 0.316 e. The number of nitrogens with zero attached hydrogens (tertiary/aromatic N) is 2. The second-order valence-corrected chi connectivity index (χ2v) is 9.55. The monoisotopic (exact) mass is 460 g/mol. The van der Waals surface area contributed by atoms with Crippen molar-refractivity contribution in [1.29, 1.82) is 0 Å². The summed E-state index contributed by atoms with van der Waals surface area (Å²) in [6.45, 7) is 4.21. The summed E-state index contributed by atoms with van der Waals surface area (Å²) in [6.07, 6.45) is 3.49. The first-order chi connectivity index (χ1) is 16.3. The van der Waals surface area contributed by atoms with Gasteiger partial charge in [0.05, 0.1) is 23.4 Å². The molecule has 7 heteroatoms. The number of benzene rings is 2. The number of fused-ring (bicyclic) bond motifs is 1. The highest BCUT2D eigenvalue weighted by atomic mass is 16.5. The van der Waals surface area contributed by atoms with E-state index < -0.39 is 11.9 Å². The molecular formula is C27H28N2O5. The molecule has 2 aromatic carbocycles. The summed E-state index contributed by atoms with van der Waals surface area (Å²) in [4.78, 5) is 54.3. The molecule has 0 spiro atoms. The number of anilines is 2. The van der Waals surface area contributed by atoms with Crippen molar-refractivity contribution in [3.8, 4) is 5.75 Å². The van der Waals surface area contributed by atoms with Crippen molar-refractivity contribution in [2.45, 2.75) is 46.0 Å². The molecule has 3 amide bonds. The van der Waals surface area contributed by atoms with E-state index in [4.69, 9.17) is 4.74 Å². The molecule has 0 radical (unpaired) electrons. The lowest BCUT2D eigenvalue weighted by molar-refractivity contribution is -0.139. The van der Waals surface area contributed by atoms with Crippen LogP contribution in [0.15, 0.2) is 42.5 Å². The van der Waals surface area contributed by atoms with E-state index in [1.807, 2.05) is 32.0 Å². The molecule has 3 fully saturated rings. The Hall–Kier alpha value is -3.48. The van der Waals surface area contributed by atoms with Crippen molar-refractivity contribution < 1.29 is 23.9 Å². The molecule has 1 aliphatic carbocycles. The normalized spacial score (nSPS) is 24.5. The number of ether oxygens (including phenoxy) is 1. The number of rotatable bonds is 4. The number of hydrogen-bond donors (Lipinski definition) is 0. The molecule has 2 aliphatic heterocycles. The van der Waals surface area contributed by atoms with Gasteiger partial charge in [-0.2, -0.15) is 0 Å². The minimum absolute atomic E-state index is 0.0817. The summed E-state index contributed by atoms with van der Waals surface area (Å²) in [5, 5.41) is 0. The Morgan fingerprint density at radius 2 is 1.62 bits per heavy atom. The molecule has 176 valence electrons. The van der Waals surface area contributed by atoms with Crippen LogP contribution < -0.4 is 14.5 Å². The minimum Gasteiger partial charge on any atom is -0.426 e. The number of imide groups is 1. The average molecular weight is 461 g/mol. The van der Waals surface area contributed by atoms with E-state index >= 15 is 0 Å². The summed E-state index contributed by atoms with van der Waals surface area (Å²) in [5.74, 6) is -1.75. The van der Waals surface area contributed by atoms with Crippen LogP contribution in [0, 0.1) is 31.6 Å². The fourth-order valence-corrected chi connectivity index (χ4v) is 5.43. The van der Waals surface area contributed by atoms with E-state index in [2.05, 4.69) is 0 Å². The molecule has 3 aliphatic rings. The third-order valence-corrected chi connectivity index (χ3v) is 7.46. The first-order valence-electron chi connectivity index (χ1n) is 11.9. The summed E-state index contributed by atoms with van der Waals surface area (Å²) >= 11 is 0. The summed E-state index contributed by atoms with van der Waals surface area (Å²) < 4.78 is 5.61. The highest BCUT2D eigenvalue weighted by molar-refractivity contribution is 6.22. The van der Waals surface area contributed by atoms with Crippen LogP contribution in [-0.4, -0.2) is 30.2 Å². The summed E-state index contributed by atoms with van der Waals surface area (Å²) in [6, 6.07) is 12.3. The minimum atomic E-state index is -0.589. The Labute approximate surface area is 198 Å². The maximum atomic E-state index is 12.9. The first-order valence-corrected chi connectivity index (χ1v) is 11.9. The quantitative estimate of drug-likeness (QED) is 0.392. The Bertz CT molecular complexity index is 1170. The van der Waals surface area contributed by atoms with Crippen molar-refractivity contribution >= 4 is 35.1 Å². The van der Waals surface area contributed by atoms with Crippen LogP contribution in [0.1, 0.15) is 43.2 Å². The first kappa shape index (κ1) is 22.3. The van der Waals surface area contributed by atoms with E-state index in [-0.39, 0.29) is 48.3 Å². The van der Waals surface area contributed by atoms with Gasteiger partial charge in [0.2, 0.25) is 17.7 Å². The van der Waals surface area contributed by atoms with E-state index in [0.29, 0.717) is 5.69 Å². The topological polar surface area (TPSA) is 84.0 Å². The highest BCUT2D eigenvalue weighted by Crippen LogP contribution is 2.40. The highest BCUT2D eigenvalue weighted by Gasteiger charge is 2.48. The Kier molecular flexibility index (Phi) is 5.71. The Morgan fingerprint density at radius 3 is 2.32 bits per heavy atom. The van der Waals surface area contributed by atoms with Crippen LogP contribution in [-0.2, 0) is 19.2 Å². The van der Waals surface area contributed by atoms with E-state index in [1.54, 1.807) is 29.2 Å². The standard InChI is InChI=1S/C27H28N2O5/c1-16-7-5-12-23(17(16)2)28-15-18(13-24(28)30)27(33)34-20-9-6-8-19(14-20)29-25(31)21-10-3-4-11-22(21)26(29)32/h5-9,12,14,18,21-22H,3-4,10-11,13,15H2,1-2H3/t18-,21-,22+/m0/s1. The number of hydrogen-bond acceptors (Lipinski definition) is 5. The van der Waals surface area contributed by atoms with E-state index in [1.165, 1.54) is 4.90 Å². The number of aryl methyl sites for hydroxylation is 1. The third kappa shape index (κ3) is 3.79. The fraction of sp³-hybridized carbons (Fsp3) is 0.407. The van der Waals surface area contributed by atoms with E-state index in [0.717, 1.165) is 42.5 Å². The number of esters is 1. The number of amides is 3. The molecule has 1 saturated carbocycles. The Morgan fingerprint density at radius 1 is 0.941 bits per heavy atom. The van der Waals surface area contributed by atoms with Crippen LogP contribution in [0.25, 0.3) is 0 Å². The van der Waals surface area contributed by atoms with Crippen molar-refractivity contribution in [1.82, 2.24) is 0 Å². The maximum Gasteiger partial charge on any atom is 0.316 e. The van der Waals surface area contributed by atoms with Gasteiger partial charge in [-0.1, -0.05) is 31.0 Å². The van der Waals surface area contributed by atoms with Crippen molar-refractivity contribution in [2.75, 3.05) is 16.3 Å². The van der Waals surface area contributed by atoms with Crippen LogP contribution >= 0.6 is 0 Å². The molecule has 3 atom stereocenters. The van der Waals surface area contributed by atoms with Crippen LogP contribution in [0.4, 0.5) is 11.4 Å². The van der Waals surface area contributed by atoms with Crippen molar-refractivity contribution in [2.24, 2.45) is 17.8 Å². The molecule has 0 N–H and O–H groups in total. The van der Waals surface area contributed by atoms with Crippen molar-refractivity contribution in [3.63, 3.8) is 0 Å². The predicted molar refractivity (Wildman–Crippen MR) is 126 cm³/mol. The number of carbonyl (C=O) groups excluding carboxylic acids is 4. The summed E-state index contributed by atoms with van der Waals surface area (Å²) in [7, 11) is 0. The van der Waals surface area contributed by atoms with Gasteiger partial charge < -0.3 is 9.64 Å².